The molecule has 1 aromatic heterocycles. The molecule has 0 amide bonds. The second-order valence-corrected chi connectivity index (χ2v) is 4.46. The van der Waals surface area contributed by atoms with Crippen molar-refractivity contribution in [3.63, 3.8) is 0 Å². The molecule has 0 unspecified atom stereocenters. The van der Waals surface area contributed by atoms with E-state index in [1.807, 2.05) is 0 Å². The summed E-state index contributed by atoms with van der Waals surface area (Å²) in [5.74, 6) is -0.409. The first-order chi connectivity index (χ1) is 9.27. The number of hydrogen-bond donors (Lipinski definition) is 0. The molecule has 1 aromatic carbocycles. The van der Waals surface area contributed by atoms with Gasteiger partial charge in [-0.25, -0.2) is 9.37 Å². The third kappa shape index (κ3) is 3.19. The number of hydrogen-bond acceptors (Lipinski definition) is 2. The summed E-state index contributed by atoms with van der Waals surface area (Å²) in [4.78, 5) is 5.23. The number of nitrogens with zero attached hydrogens (tertiary/aromatic N) is 2. The predicted octanol–water partition coefficient (Wildman–Crippen LogP) is 4.66. The minimum atomic E-state index is -4.51. The Bertz CT molecular complexity index is 611. The van der Waals surface area contributed by atoms with E-state index in [2.05, 4.69) is 4.98 Å². The number of aromatic nitrogens is 1. The van der Waals surface area contributed by atoms with Crippen molar-refractivity contribution in [1.29, 1.82) is 0 Å². The van der Waals surface area contributed by atoms with Crippen LogP contribution < -0.4 is 4.90 Å². The molecule has 0 aliphatic rings. The second kappa shape index (κ2) is 5.28. The first-order valence-corrected chi connectivity index (χ1v) is 5.89. The van der Waals surface area contributed by atoms with Gasteiger partial charge < -0.3 is 4.90 Å². The average molecular weight is 305 g/mol. The number of alkyl halides is 3. The van der Waals surface area contributed by atoms with Gasteiger partial charge in [0.2, 0.25) is 0 Å². The highest BCUT2D eigenvalue weighted by Gasteiger charge is 2.32. The van der Waals surface area contributed by atoms with E-state index >= 15 is 0 Å². The maximum atomic E-state index is 12.8. The number of pyridine rings is 1. The van der Waals surface area contributed by atoms with Crippen LogP contribution in [0.25, 0.3) is 0 Å². The molecule has 0 aliphatic carbocycles. The predicted molar refractivity (Wildman–Crippen MR) is 68.7 cm³/mol. The Labute approximate surface area is 117 Å². The first kappa shape index (κ1) is 14.6. The lowest BCUT2D eigenvalue weighted by Crippen LogP contribution is -2.14. The summed E-state index contributed by atoms with van der Waals surface area (Å²) in [7, 11) is 1.52. The lowest BCUT2D eigenvalue weighted by molar-refractivity contribution is -0.137. The Balaban J connectivity index is 2.42. The number of halogens is 5. The molecular weight excluding hydrogens is 296 g/mol. The fourth-order valence-electron chi connectivity index (χ4n) is 1.62. The summed E-state index contributed by atoms with van der Waals surface area (Å²) in [6, 6.07) is 6.93. The van der Waals surface area contributed by atoms with Crippen LogP contribution in [0.3, 0.4) is 0 Å². The van der Waals surface area contributed by atoms with Crippen LogP contribution in [-0.2, 0) is 6.18 Å². The minimum absolute atomic E-state index is 0.0245. The Kier molecular flexibility index (Phi) is 3.85. The van der Waals surface area contributed by atoms with E-state index in [0.29, 0.717) is 5.69 Å². The van der Waals surface area contributed by atoms with E-state index in [9.17, 15) is 17.6 Å². The lowest BCUT2D eigenvalue weighted by atomic mass is 10.2. The van der Waals surface area contributed by atoms with E-state index in [4.69, 9.17) is 11.6 Å². The molecule has 0 spiro atoms. The average Bonchev–Trinajstić information content (AvgIpc) is 2.37. The van der Waals surface area contributed by atoms with Gasteiger partial charge in [-0.05, 0) is 36.4 Å². The molecule has 2 rings (SSSR count). The Hall–Kier alpha value is -1.82. The third-order valence-corrected chi connectivity index (χ3v) is 2.86. The Morgan fingerprint density at radius 1 is 1.10 bits per heavy atom. The summed E-state index contributed by atoms with van der Waals surface area (Å²) >= 11 is 5.62. The lowest BCUT2D eigenvalue weighted by Gasteiger charge is -2.20. The molecular formula is C13H9ClF4N2. The van der Waals surface area contributed by atoms with Gasteiger partial charge in [-0.3, -0.25) is 0 Å². The van der Waals surface area contributed by atoms with Gasteiger partial charge in [-0.15, -0.1) is 0 Å². The van der Waals surface area contributed by atoms with Crippen LogP contribution in [0.2, 0.25) is 5.15 Å². The summed E-state index contributed by atoms with van der Waals surface area (Å²) in [6.07, 6.45) is -4.51. The standard InChI is InChI=1S/C13H9ClF4N2/c1-20(10-4-2-9(15)3-5-10)12-7-8(13(16,17)18)6-11(14)19-12/h2-7H,1H3. The van der Waals surface area contributed by atoms with Gasteiger partial charge in [0.15, 0.2) is 0 Å². The molecule has 106 valence electrons. The van der Waals surface area contributed by atoms with Crippen molar-refractivity contribution in [1.82, 2.24) is 4.98 Å². The van der Waals surface area contributed by atoms with Gasteiger partial charge in [0.25, 0.3) is 0 Å². The number of rotatable bonds is 2. The van der Waals surface area contributed by atoms with Crippen LogP contribution in [0, 0.1) is 5.82 Å². The van der Waals surface area contributed by atoms with E-state index < -0.39 is 17.6 Å². The SMILES string of the molecule is CN(c1ccc(F)cc1)c1cc(C(F)(F)F)cc(Cl)n1. The van der Waals surface area contributed by atoms with Crippen LogP contribution in [0.1, 0.15) is 5.56 Å². The van der Waals surface area contributed by atoms with Crippen LogP contribution in [0.15, 0.2) is 36.4 Å². The summed E-state index contributed by atoms with van der Waals surface area (Å²) < 4.78 is 51.0. The van der Waals surface area contributed by atoms with E-state index in [0.717, 1.165) is 12.1 Å². The van der Waals surface area contributed by atoms with Gasteiger partial charge in [-0.2, -0.15) is 13.2 Å². The van der Waals surface area contributed by atoms with Crippen LogP contribution >= 0.6 is 11.6 Å². The minimum Gasteiger partial charge on any atom is -0.329 e. The first-order valence-electron chi connectivity index (χ1n) is 5.51. The maximum absolute atomic E-state index is 12.8. The molecule has 20 heavy (non-hydrogen) atoms. The third-order valence-electron chi connectivity index (χ3n) is 2.67. The second-order valence-electron chi connectivity index (χ2n) is 4.07. The zero-order valence-corrected chi connectivity index (χ0v) is 11.0. The van der Waals surface area contributed by atoms with Crippen LogP contribution in [0.5, 0.6) is 0 Å². The highest BCUT2D eigenvalue weighted by molar-refractivity contribution is 6.29. The monoisotopic (exact) mass is 304 g/mol. The van der Waals surface area contributed by atoms with Crippen LogP contribution in [-0.4, -0.2) is 12.0 Å². The van der Waals surface area contributed by atoms with Gasteiger partial charge in [0, 0.05) is 12.7 Å². The van der Waals surface area contributed by atoms with Gasteiger partial charge in [0.05, 0.1) is 5.56 Å². The van der Waals surface area contributed by atoms with Crippen molar-refractivity contribution in [2.75, 3.05) is 11.9 Å². The van der Waals surface area contributed by atoms with Crippen molar-refractivity contribution < 1.29 is 17.6 Å². The van der Waals surface area contributed by atoms with Crippen molar-refractivity contribution in [2.45, 2.75) is 6.18 Å². The molecule has 0 saturated carbocycles. The zero-order valence-electron chi connectivity index (χ0n) is 10.2. The molecule has 0 aliphatic heterocycles. The van der Waals surface area contributed by atoms with Gasteiger partial charge >= 0.3 is 6.18 Å². The molecule has 2 nitrogen and oxygen atoms in total. The smallest absolute Gasteiger partial charge is 0.329 e. The summed E-state index contributed by atoms with van der Waals surface area (Å²) in [6.45, 7) is 0. The number of anilines is 2. The fourth-order valence-corrected chi connectivity index (χ4v) is 1.82. The number of benzene rings is 1. The Morgan fingerprint density at radius 2 is 1.70 bits per heavy atom. The summed E-state index contributed by atoms with van der Waals surface area (Å²) in [5, 5.41) is -0.260. The van der Waals surface area contributed by atoms with Gasteiger partial charge in [-0.1, -0.05) is 11.6 Å². The molecule has 7 heteroatoms. The van der Waals surface area contributed by atoms with Gasteiger partial charge in [0.1, 0.15) is 16.8 Å². The molecule has 0 radical (unpaired) electrons. The van der Waals surface area contributed by atoms with E-state index in [1.165, 1.54) is 36.2 Å². The highest BCUT2D eigenvalue weighted by Crippen LogP contribution is 2.34. The summed E-state index contributed by atoms with van der Waals surface area (Å²) in [5.41, 5.74) is -0.393. The van der Waals surface area contributed by atoms with Crippen molar-refractivity contribution in [2.24, 2.45) is 0 Å². The molecule has 0 N–H and O–H groups in total. The maximum Gasteiger partial charge on any atom is 0.416 e. The largest absolute Gasteiger partial charge is 0.416 e. The quantitative estimate of drug-likeness (QED) is 0.592. The fraction of sp³-hybridized carbons (Fsp3) is 0.154. The Morgan fingerprint density at radius 3 is 2.25 bits per heavy atom. The van der Waals surface area contributed by atoms with Crippen molar-refractivity contribution in [3.8, 4) is 0 Å². The molecule has 0 atom stereocenters. The van der Waals surface area contributed by atoms with E-state index in [-0.39, 0.29) is 11.0 Å². The molecule has 0 bridgehead atoms. The van der Waals surface area contributed by atoms with Crippen molar-refractivity contribution in [3.05, 3.63) is 52.9 Å². The van der Waals surface area contributed by atoms with Crippen molar-refractivity contribution >= 4 is 23.1 Å². The van der Waals surface area contributed by atoms with E-state index in [1.54, 1.807) is 0 Å². The normalized spacial score (nSPS) is 11.5. The molecule has 0 saturated heterocycles. The molecule has 1 heterocycles. The zero-order chi connectivity index (χ0) is 14.9. The van der Waals surface area contributed by atoms with Crippen LogP contribution in [0.4, 0.5) is 29.1 Å². The molecule has 0 fully saturated rings. The highest BCUT2D eigenvalue weighted by atomic mass is 35.5. The molecule has 2 aromatic rings. The topological polar surface area (TPSA) is 16.1 Å².